The standard InChI is InChI=1S/C18H19ClN4S2/c19-14-6-4-13(5-7-14)15-16-17(25-22-15)18(21-12-20-16)24-11-10-23-8-2-1-3-9-23/h4-7,12H,1-3,8-11H2. The van der Waals surface area contributed by atoms with Crippen LogP contribution in [0.4, 0.5) is 0 Å². The van der Waals surface area contributed by atoms with Crippen molar-refractivity contribution in [1.29, 1.82) is 0 Å². The van der Waals surface area contributed by atoms with Crippen LogP contribution in [-0.2, 0) is 0 Å². The second kappa shape index (κ2) is 7.99. The third-order valence-electron chi connectivity index (χ3n) is 4.44. The van der Waals surface area contributed by atoms with Crippen molar-refractivity contribution in [3.05, 3.63) is 35.6 Å². The third kappa shape index (κ3) is 3.97. The highest BCUT2D eigenvalue weighted by molar-refractivity contribution is 7.99. The normalized spacial score (nSPS) is 15.7. The molecule has 7 heteroatoms. The molecule has 0 atom stereocenters. The van der Waals surface area contributed by atoms with E-state index in [0.717, 1.165) is 43.8 Å². The van der Waals surface area contributed by atoms with Crippen LogP contribution in [0, 0.1) is 0 Å². The summed E-state index contributed by atoms with van der Waals surface area (Å²) in [5, 5.41) is 1.77. The van der Waals surface area contributed by atoms with Crippen molar-refractivity contribution in [2.24, 2.45) is 0 Å². The average Bonchev–Trinajstić information content (AvgIpc) is 3.08. The summed E-state index contributed by atoms with van der Waals surface area (Å²) in [6.07, 6.45) is 5.70. The number of likely N-dealkylation sites (tertiary alicyclic amines) is 1. The number of halogens is 1. The molecule has 1 fully saturated rings. The van der Waals surface area contributed by atoms with Crippen molar-refractivity contribution in [3.8, 4) is 11.3 Å². The van der Waals surface area contributed by atoms with Gasteiger partial charge in [0.05, 0.1) is 0 Å². The molecule has 1 aromatic carbocycles. The zero-order valence-corrected chi connectivity index (χ0v) is 16.2. The zero-order chi connectivity index (χ0) is 17.1. The maximum absolute atomic E-state index is 5.99. The molecule has 0 unspecified atom stereocenters. The lowest BCUT2D eigenvalue weighted by atomic mass is 10.1. The largest absolute Gasteiger partial charge is 0.303 e. The average molecular weight is 391 g/mol. The van der Waals surface area contributed by atoms with Gasteiger partial charge in [0.1, 0.15) is 27.3 Å². The van der Waals surface area contributed by atoms with E-state index < -0.39 is 0 Å². The number of nitrogens with zero attached hydrogens (tertiary/aromatic N) is 4. The first kappa shape index (κ1) is 17.2. The van der Waals surface area contributed by atoms with Crippen LogP contribution in [0.2, 0.25) is 5.02 Å². The number of hydrogen-bond donors (Lipinski definition) is 0. The number of rotatable bonds is 5. The number of piperidine rings is 1. The Kier molecular flexibility index (Phi) is 5.51. The molecule has 0 spiro atoms. The first-order valence-electron chi connectivity index (χ1n) is 8.53. The van der Waals surface area contributed by atoms with Crippen LogP contribution in [0.1, 0.15) is 19.3 Å². The molecule has 3 heterocycles. The summed E-state index contributed by atoms with van der Waals surface area (Å²) >= 11 is 9.28. The Morgan fingerprint density at radius 3 is 2.68 bits per heavy atom. The van der Waals surface area contributed by atoms with Gasteiger partial charge in [-0.15, -0.1) is 11.8 Å². The Bertz CT molecular complexity index is 844. The van der Waals surface area contributed by atoms with Crippen molar-refractivity contribution in [2.45, 2.75) is 24.3 Å². The number of fused-ring (bicyclic) bond motifs is 1. The van der Waals surface area contributed by atoms with Crippen LogP contribution in [0.3, 0.4) is 0 Å². The summed E-state index contributed by atoms with van der Waals surface area (Å²) < 4.78 is 5.71. The smallest absolute Gasteiger partial charge is 0.119 e. The minimum absolute atomic E-state index is 0.729. The fraction of sp³-hybridized carbons (Fsp3) is 0.389. The molecular formula is C18H19ClN4S2. The van der Waals surface area contributed by atoms with Gasteiger partial charge in [-0.05, 0) is 49.6 Å². The van der Waals surface area contributed by atoms with Crippen molar-refractivity contribution < 1.29 is 0 Å². The van der Waals surface area contributed by atoms with Gasteiger partial charge < -0.3 is 4.90 Å². The molecule has 0 bridgehead atoms. The first-order valence-corrected chi connectivity index (χ1v) is 10.7. The van der Waals surface area contributed by atoms with Crippen molar-refractivity contribution in [3.63, 3.8) is 0 Å². The highest BCUT2D eigenvalue weighted by Crippen LogP contribution is 2.34. The van der Waals surface area contributed by atoms with E-state index in [1.807, 2.05) is 36.0 Å². The lowest BCUT2D eigenvalue weighted by molar-refractivity contribution is 0.242. The van der Waals surface area contributed by atoms with E-state index in [2.05, 4.69) is 19.2 Å². The Morgan fingerprint density at radius 1 is 1.08 bits per heavy atom. The summed E-state index contributed by atoms with van der Waals surface area (Å²) in [5.74, 6) is 1.06. The second-order valence-corrected chi connectivity index (χ2v) is 8.44. The van der Waals surface area contributed by atoms with E-state index in [-0.39, 0.29) is 0 Å². The summed E-state index contributed by atoms with van der Waals surface area (Å²) in [6.45, 7) is 3.60. The predicted octanol–water partition coefficient (Wildman–Crippen LogP) is 4.98. The quantitative estimate of drug-likeness (QED) is 0.453. The van der Waals surface area contributed by atoms with E-state index in [9.17, 15) is 0 Å². The van der Waals surface area contributed by atoms with Crippen LogP contribution in [-0.4, -0.2) is 44.6 Å². The minimum atomic E-state index is 0.729. The number of aromatic nitrogens is 3. The molecule has 3 aromatic rings. The second-order valence-electron chi connectivity index (χ2n) is 6.15. The molecule has 1 saturated heterocycles. The van der Waals surface area contributed by atoms with Gasteiger partial charge in [-0.1, -0.05) is 30.2 Å². The molecule has 4 rings (SSSR count). The fourth-order valence-electron chi connectivity index (χ4n) is 3.10. The van der Waals surface area contributed by atoms with E-state index >= 15 is 0 Å². The number of hydrogen-bond acceptors (Lipinski definition) is 6. The van der Waals surface area contributed by atoms with Crippen LogP contribution in [0.5, 0.6) is 0 Å². The summed E-state index contributed by atoms with van der Waals surface area (Å²) in [6, 6.07) is 7.75. The van der Waals surface area contributed by atoms with Crippen molar-refractivity contribution >= 4 is 45.1 Å². The topological polar surface area (TPSA) is 41.9 Å². The van der Waals surface area contributed by atoms with Crippen LogP contribution in [0.15, 0.2) is 35.6 Å². The Balaban J connectivity index is 1.51. The van der Waals surface area contributed by atoms with E-state index in [1.165, 1.54) is 43.9 Å². The highest BCUT2D eigenvalue weighted by Gasteiger charge is 2.15. The molecule has 1 aliphatic heterocycles. The van der Waals surface area contributed by atoms with Gasteiger partial charge >= 0.3 is 0 Å². The minimum Gasteiger partial charge on any atom is -0.303 e. The van der Waals surface area contributed by atoms with E-state index in [1.54, 1.807) is 6.33 Å². The SMILES string of the molecule is Clc1ccc(-c2nsc3c(SCCN4CCCCC4)ncnc23)cc1. The summed E-state index contributed by atoms with van der Waals surface area (Å²) in [5.41, 5.74) is 2.89. The Hall–Kier alpha value is -1.21. The van der Waals surface area contributed by atoms with Crippen LogP contribution < -0.4 is 0 Å². The Labute approximate surface area is 160 Å². The van der Waals surface area contributed by atoms with Gasteiger partial charge in [-0.25, -0.2) is 9.97 Å². The van der Waals surface area contributed by atoms with Crippen LogP contribution in [0.25, 0.3) is 21.5 Å². The van der Waals surface area contributed by atoms with Crippen LogP contribution >= 0.6 is 34.9 Å². The molecule has 4 nitrogen and oxygen atoms in total. The third-order valence-corrected chi connectivity index (χ3v) is 6.63. The molecule has 130 valence electrons. The van der Waals surface area contributed by atoms with Gasteiger partial charge in [0.2, 0.25) is 0 Å². The lowest BCUT2D eigenvalue weighted by Crippen LogP contribution is -2.31. The summed E-state index contributed by atoms with van der Waals surface area (Å²) in [4.78, 5) is 11.5. The highest BCUT2D eigenvalue weighted by atomic mass is 35.5. The van der Waals surface area contributed by atoms with Gasteiger partial charge in [-0.3, -0.25) is 0 Å². The Morgan fingerprint density at radius 2 is 1.88 bits per heavy atom. The van der Waals surface area contributed by atoms with Gasteiger partial charge in [0.25, 0.3) is 0 Å². The molecule has 1 aliphatic rings. The predicted molar refractivity (Wildman–Crippen MR) is 107 cm³/mol. The van der Waals surface area contributed by atoms with E-state index in [0.29, 0.717) is 0 Å². The molecule has 0 amide bonds. The van der Waals surface area contributed by atoms with E-state index in [4.69, 9.17) is 11.6 Å². The molecule has 0 N–H and O–H groups in total. The fourth-order valence-corrected chi connectivity index (χ4v) is 5.15. The van der Waals surface area contributed by atoms with Gasteiger partial charge in [0.15, 0.2) is 0 Å². The molecule has 25 heavy (non-hydrogen) atoms. The number of benzene rings is 1. The molecule has 0 radical (unpaired) electrons. The molecule has 0 saturated carbocycles. The summed E-state index contributed by atoms with van der Waals surface area (Å²) in [7, 11) is 0. The number of thioether (sulfide) groups is 1. The van der Waals surface area contributed by atoms with Gasteiger partial charge in [-0.2, -0.15) is 4.37 Å². The van der Waals surface area contributed by atoms with Crippen molar-refractivity contribution in [2.75, 3.05) is 25.4 Å². The van der Waals surface area contributed by atoms with Crippen molar-refractivity contribution in [1.82, 2.24) is 19.2 Å². The molecule has 0 aliphatic carbocycles. The maximum atomic E-state index is 5.99. The monoisotopic (exact) mass is 390 g/mol. The zero-order valence-electron chi connectivity index (χ0n) is 13.8. The lowest BCUT2D eigenvalue weighted by Gasteiger charge is -2.25. The maximum Gasteiger partial charge on any atom is 0.119 e. The van der Waals surface area contributed by atoms with Gasteiger partial charge in [0, 0.05) is 22.9 Å². The molecular weight excluding hydrogens is 372 g/mol. The first-order chi connectivity index (χ1) is 12.3. The molecule has 2 aromatic heterocycles.